The number of sulfone groups is 1. The number of anilines is 1. The fraction of sp³-hybridized carbons (Fsp3) is 0.261. The van der Waals surface area contributed by atoms with Gasteiger partial charge in [0.2, 0.25) is 9.84 Å². The van der Waals surface area contributed by atoms with Gasteiger partial charge in [-0.25, -0.2) is 13.4 Å². The van der Waals surface area contributed by atoms with Crippen molar-refractivity contribution in [3.63, 3.8) is 0 Å². The van der Waals surface area contributed by atoms with Gasteiger partial charge < -0.3 is 20.3 Å². The lowest BCUT2D eigenvalue weighted by Crippen LogP contribution is -2.22. The molecule has 1 aliphatic rings. The first-order valence-electron chi connectivity index (χ1n) is 10.6. The summed E-state index contributed by atoms with van der Waals surface area (Å²) >= 11 is 1.35. The second-order valence-corrected chi connectivity index (χ2v) is 10.9. The minimum atomic E-state index is -3.92. The molecule has 0 fully saturated rings. The predicted octanol–water partition coefficient (Wildman–Crippen LogP) is 2.80. The maximum absolute atomic E-state index is 13.1. The first kappa shape index (κ1) is 23.9. The quantitative estimate of drug-likeness (QED) is 0.457. The Morgan fingerprint density at radius 2 is 1.97 bits per heavy atom. The number of aromatic nitrogens is 1. The van der Waals surface area contributed by atoms with E-state index in [1.54, 1.807) is 18.3 Å². The highest BCUT2D eigenvalue weighted by Crippen LogP contribution is 2.34. The average molecular weight is 501 g/mol. The van der Waals surface area contributed by atoms with Crippen LogP contribution in [-0.4, -0.2) is 57.4 Å². The zero-order valence-electron chi connectivity index (χ0n) is 18.7. The van der Waals surface area contributed by atoms with Crippen LogP contribution in [0.5, 0.6) is 5.19 Å². The summed E-state index contributed by atoms with van der Waals surface area (Å²) in [6.07, 6.45) is 2.53. The van der Waals surface area contributed by atoms with E-state index in [4.69, 9.17) is 4.74 Å². The lowest BCUT2D eigenvalue weighted by molar-refractivity contribution is 0.0949. The molecule has 0 atom stereocenters. The fourth-order valence-corrected chi connectivity index (χ4v) is 5.76. The van der Waals surface area contributed by atoms with Gasteiger partial charge in [0.1, 0.15) is 0 Å². The van der Waals surface area contributed by atoms with Crippen molar-refractivity contribution in [3.8, 4) is 5.19 Å². The molecule has 11 heteroatoms. The van der Waals surface area contributed by atoms with Crippen LogP contribution in [0.15, 0.2) is 58.5 Å². The molecule has 9 nitrogen and oxygen atoms in total. The third-order valence-electron chi connectivity index (χ3n) is 5.13. The van der Waals surface area contributed by atoms with Crippen molar-refractivity contribution in [2.24, 2.45) is 0 Å². The molecule has 0 radical (unpaired) electrons. The number of fused-ring (bicyclic) bond motifs is 2. The van der Waals surface area contributed by atoms with Crippen LogP contribution in [-0.2, 0) is 16.4 Å². The van der Waals surface area contributed by atoms with Gasteiger partial charge in [0, 0.05) is 23.2 Å². The average Bonchev–Trinajstić information content (AvgIpc) is 3.24. The van der Waals surface area contributed by atoms with Gasteiger partial charge in [0.15, 0.2) is 0 Å². The minimum absolute atomic E-state index is 0.0548. The molecule has 0 saturated carbocycles. The summed E-state index contributed by atoms with van der Waals surface area (Å²) < 4.78 is 31.8. The third kappa shape index (κ3) is 5.11. The number of nitrogens with one attached hydrogen (secondary N) is 2. The maximum Gasteiger partial charge on any atom is 0.273 e. The van der Waals surface area contributed by atoms with Crippen molar-refractivity contribution >= 4 is 38.7 Å². The van der Waals surface area contributed by atoms with Gasteiger partial charge >= 0.3 is 0 Å². The first-order chi connectivity index (χ1) is 16.3. The molecule has 3 aromatic rings. The van der Waals surface area contributed by atoms with E-state index < -0.39 is 21.7 Å². The van der Waals surface area contributed by atoms with Crippen molar-refractivity contribution in [3.05, 3.63) is 64.7 Å². The van der Waals surface area contributed by atoms with E-state index in [-0.39, 0.29) is 33.2 Å². The van der Waals surface area contributed by atoms with Crippen molar-refractivity contribution in [2.75, 3.05) is 32.6 Å². The van der Waals surface area contributed by atoms with E-state index in [0.717, 1.165) is 17.8 Å². The second-order valence-electron chi connectivity index (χ2n) is 7.95. The standard InChI is InChI=1S/C23H24N4O5S2/c1-27(2)10-5-11-32-23-25-14-16(33-23)13-24-21(28)15-8-9-20-18(12-15)26-22(29)17-6-3-4-7-19(17)34(20,30)31/h3-4,6-9,12,14H,5,10-11,13H2,1-2H3,(H,24,28)(H,26,29). The molecule has 1 aromatic heterocycles. The molecule has 1 aliphatic heterocycles. The van der Waals surface area contributed by atoms with Gasteiger partial charge in [-0.05, 0) is 50.8 Å². The van der Waals surface area contributed by atoms with Crippen LogP contribution in [0.2, 0.25) is 0 Å². The fourth-order valence-electron chi connectivity index (χ4n) is 3.45. The van der Waals surface area contributed by atoms with E-state index >= 15 is 0 Å². The summed E-state index contributed by atoms with van der Waals surface area (Å²) in [5.74, 6) is -0.948. The summed E-state index contributed by atoms with van der Waals surface area (Å²) in [6, 6.07) is 10.2. The van der Waals surface area contributed by atoms with Crippen LogP contribution in [0.1, 0.15) is 32.0 Å². The van der Waals surface area contributed by atoms with Crippen LogP contribution in [0.4, 0.5) is 5.69 Å². The number of amides is 2. The Bertz CT molecular complexity index is 1330. The van der Waals surface area contributed by atoms with Gasteiger partial charge in [-0.2, -0.15) is 0 Å². The van der Waals surface area contributed by atoms with Crippen LogP contribution in [0.3, 0.4) is 0 Å². The Morgan fingerprint density at radius 1 is 1.18 bits per heavy atom. The molecule has 4 rings (SSSR count). The Labute approximate surface area is 201 Å². The molecule has 0 spiro atoms. The highest BCUT2D eigenvalue weighted by atomic mass is 32.2. The van der Waals surface area contributed by atoms with Gasteiger partial charge in [-0.15, -0.1) is 0 Å². The predicted molar refractivity (Wildman–Crippen MR) is 128 cm³/mol. The smallest absolute Gasteiger partial charge is 0.273 e. The number of benzene rings is 2. The summed E-state index contributed by atoms with van der Waals surface area (Å²) in [7, 11) is 0.0817. The van der Waals surface area contributed by atoms with E-state index in [0.29, 0.717) is 11.8 Å². The molecule has 2 heterocycles. The number of carbonyl (C=O) groups excluding carboxylic acids is 2. The maximum atomic E-state index is 13.1. The Hall–Kier alpha value is -3.28. The molecular formula is C23H24N4O5S2. The van der Waals surface area contributed by atoms with E-state index in [2.05, 4.69) is 20.5 Å². The lowest BCUT2D eigenvalue weighted by atomic mass is 10.1. The second kappa shape index (κ2) is 9.92. The van der Waals surface area contributed by atoms with Crippen LogP contribution < -0.4 is 15.4 Å². The minimum Gasteiger partial charge on any atom is -0.470 e. The van der Waals surface area contributed by atoms with Gasteiger partial charge in [-0.3, -0.25) is 9.59 Å². The van der Waals surface area contributed by atoms with E-state index in [1.807, 2.05) is 14.1 Å². The zero-order valence-corrected chi connectivity index (χ0v) is 20.3. The van der Waals surface area contributed by atoms with Crippen molar-refractivity contribution in [1.82, 2.24) is 15.2 Å². The highest BCUT2D eigenvalue weighted by molar-refractivity contribution is 7.91. The number of carbonyl (C=O) groups is 2. The number of rotatable bonds is 8. The molecule has 2 aromatic carbocycles. The summed E-state index contributed by atoms with van der Waals surface area (Å²) in [4.78, 5) is 32.3. The Balaban J connectivity index is 1.43. The normalized spacial score (nSPS) is 14.0. The molecule has 0 saturated heterocycles. The van der Waals surface area contributed by atoms with E-state index in [1.165, 1.54) is 41.7 Å². The van der Waals surface area contributed by atoms with Crippen LogP contribution >= 0.6 is 11.3 Å². The molecule has 2 amide bonds. The monoisotopic (exact) mass is 500 g/mol. The molecule has 2 N–H and O–H groups in total. The van der Waals surface area contributed by atoms with E-state index in [9.17, 15) is 18.0 Å². The lowest BCUT2D eigenvalue weighted by Gasteiger charge is -2.10. The molecule has 0 aliphatic carbocycles. The van der Waals surface area contributed by atoms with Crippen LogP contribution in [0.25, 0.3) is 0 Å². The number of hydrogen-bond donors (Lipinski definition) is 2. The third-order valence-corrected chi connectivity index (χ3v) is 7.91. The molecule has 178 valence electrons. The van der Waals surface area contributed by atoms with Crippen molar-refractivity contribution < 1.29 is 22.7 Å². The Kier molecular flexibility index (Phi) is 6.96. The van der Waals surface area contributed by atoms with Crippen molar-refractivity contribution in [1.29, 1.82) is 0 Å². The topological polar surface area (TPSA) is 118 Å². The summed E-state index contributed by atoms with van der Waals surface area (Å²) in [5, 5.41) is 5.94. The van der Waals surface area contributed by atoms with Gasteiger partial charge in [0.25, 0.3) is 17.0 Å². The number of ether oxygens (including phenoxy) is 1. The molecular weight excluding hydrogens is 476 g/mol. The van der Waals surface area contributed by atoms with Gasteiger partial charge in [0.05, 0.1) is 34.2 Å². The van der Waals surface area contributed by atoms with Crippen LogP contribution in [0, 0.1) is 0 Å². The highest BCUT2D eigenvalue weighted by Gasteiger charge is 2.31. The number of thiazole rings is 1. The number of nitrogens with zero attached hydrogens (tertiary/aromatic N) is 2. The van der Waals surface area contributed by atoms with Gasteiger partial charge in [-0.1, -0.05) is 23.5 Å². The summed E-state index contributed by atoms with van der Waals surface area (Å²) in [5.41, 5.74) is 0.361. The molecule has 34 heavy (non-hydrogen) atoms. The summed E-state index contributed by atoms with van der Waals surface area (Å²) in [6.45, 7) is 1.72. The van der Waals surface area contributed by atoms with Crippen molar-refractivity contribution in [2.45, 2.75) is 22.8 Å². The zero-order chi connectivity index (χ0) is 24.3. The molecule has 0 bridgehead atoms. The Morgan fingerprint density at radius 3 is 2.76 bits per heavy atom. The number of hydrogen-bond acceptors (Lipinski definition) is 8. The molecule has 0 unspecified atom stereocenters. The largest absolute Gasteiger partial charge is 0.470 e. The SMILES string of the molecule is CN(C)CCCOc1ncc(CNC(=O)c2ccc3c(c2)NC(=O)c2ccccc2S3(=O)=O)s1. The first-order valence-corrected chi connectivity index (χ1v) is 12.9.